The van der Waals surface area contributed by atoms with Gasteiger partial charge < -0.3 is 5.32 Å². The number of hydrogen-bond donors (Lipinski definition) is 1. The Morgan fingerprint density at radius 1 is 1.32 bits per heavy atom. The summed E-state index contributed by atoms with van der Waals surface area (Å²) in [7, 11) is -3.60. The summed E-state index contributed by atoms with van der Waals surface area (Å²) in [5.41, 5.74) is 0.205. The molecule has 1 amide bonds. The molecular weight excluding hydrogens is 360 g/mol. The molecule has 1 aromatic rings. The van der Waals surface area contributed by atoms with Crippen molar-refractivity contribution in [1.29, 1.82) is 0 Å². The Morgan fingerprint density at radius 3 is 2.56 bits per heavy atom. The van der Waals surface area contributed by atoms with Crippen LogP contribution in [0.15, 0.2) is 23.1 Å². The Bertz CT molecular complexity index is 711. The van der Waals surface area contributed by atoms with E-state index in [1.807, 2.05) is 0 Å². The average molecular weight is 387 g/mol. The first kappa shape index (κ1) is 20.2. The number of nitrogens with one attached hydrogen (secondary N) is 1. The lowest BCUT2D eigenvalue weighted by Gasteiger charge is -2.29. The molecule has 25 heavy (non-hydrogen) atoms. The van der Waals surface area contributed by atoms with Gasteiger partial charge in [-0.15, -0.1) is 0 Å². The van der Waals surface area contributed by atoms with Crippen LogP contribution in [0.1, 0.15) is 50.4 Å². The summed E-state index contributed by atoms with van der Waals surface area (Å²) in [6, 6.07) is 4.35. The minimum Gasteiger partial charge on any atom is -0.352 e. The molecule has 1 aliphatic rings. The van der Waals surface area contributed by atoms with Gasteiger partial charge >= 0.3 is 0 Å². The fourth-order valence-corrected chi connectivity index (χ4v) is 4.48. The number of halogens is 1. The van der Waals surface area contributed by atoms with Crippen molar-refractivity contribution in [2.75, 3.05) is 19.6 Å². The van der Waals surface area contributed by atoms with Gasteiger partial charge in [0.2, 0.25) is 10.0 Å². The van der Waals surface area contributed by atoms with E-state index >= 15 is 0 Å². The Morgan fingerprint density at radius 2 is 1.96 bits per heavy atom. The predicted molar refractivity (Wildman–Crippen MR) is 100 cm³/mol. The second kappa shape index (κ2) is 8.52. The second-order valence-corrected chi connectivity index (χ2v) is 9.51. The fraction of sp³-hybridized carbons (Fsp3) is 0.611. The van der Waals surface area contributed by atoms with E-state index in [-0.39, 0.29) is 21.4 Å². The summed E-state index contributed by atoms with van der Waals surface area (Å²) in [6.07, 6.45) is 2.57. The fourth-order valence-electron chi connectivity index (χ4n) is 2.78. The molecule has 1 fully saturated rings. The van der Waals surface area contributed by atoms with Gasteiger partial charge in [-0.1, -0.05) is 32.4 Å². The Balaban J connectivity index is 2.18. The van der Waals surface area contributed by atoms with E-state index in [1.54, 1.807) is 0 Å². The van der Waals surface area contributed by atoms with Gasteiger partial charge in [0, 0.05) is 19.6 Å². The molecule has 1 aromatic carbocycles. The van der Waals surface area contributed by atoms with Gasteiger partial charge in [0.25, 0.3) is 5.91 Å². The molecule has 0 aromatic heterocycles. The van der Waals surface area contributed by atoms with Crippen molar-refractivity contribution >= 4 is 27.5 Å². The second-order valence-electron chi connectivity index (χ2n) is 7.17. The Kier molecular flexibility index (Phi) is 6.88. The number of carbonyl (C=O) groups excluding carboxylic acids is 1. The zero-order valence-corrected chi connectivity index (χ0v) is 16.7. The molecule has 0 radical (unpaired) electrons. The maximum absolute atomic E-state index is 12.8. The van der Waals surface area contributed by atoms with Crippen LogP contribution in [0.3, 0.4) is 0 Å². The summed E-state index contributed by atoms with van der Waals surface area (Å²) in [6.45, 7) is 7.85. The van der Waals surface area contributed by atoms with Crippen molar-refractivity contribution in [2.24, 2.45) is 11.8 Å². The summed E-state index contributed by atoms with van der Waals surface area (Å²) in [4.78, 5) is 12.5. The minimum absolute atomic E-state index is 0.125. The molecule has 1 saturated heterocycles. The SMILES string of the molecule is CC(C)CCNC(=O)c1cc(S(=O)(=O)N2CCC(C)CC2)ccc1Cl. The van der Waals surface area contributed by atoms with E-state index < -0.39 is 10.0 Å². The largest absolute Gasteiger partial charge is 0.352 e. The van der Waals surface area contributed by atoms with Crippen molar-refractivity contribution in [2.45, 2.75) is 44.9 Å². The third-order valence-corrected chi connectivity index (χ3v) is 6.79. The smallest absolute Gasteiger partial charge is 0.252 e. The van der Waals surface area contributed by atoms with E-state index in [0.29, 0.717) is 31.5 Å². The Labute approximate surface area is 155 Å². The van der Waals surface area contributed by atoms with Crippen molar-refractivity contribution < 1.29 is 13.2 Å². The number of carbonyl (C=O) groups is 1. The standard InChI is InChI=1S/C18H27ClN2O3S/c1-13(2)6-9-20-18(22)16-12-15(4-5-17(16)19)25(23,24)21-10-7-14(3)8-11-21/h4-5,12-14H,6-11H2,1-3H3,(H,20,22). The minimum atomic E-state index is -3.60. The van der Waals surface area contributed by atoms with Gasteiger partial charge in [-0.2, -0.15) is 4.31 Å². The van der Waals surface area contributed by atoms with Crippen LogP contribution in [0.25, 0.3) is 0 Å². The highest BCUT2D eigenvalue weighted by Crippen LogP contribution is 2.26. The lowest BCUT2D eigenvalue weighted by molar-refractivity contribution is 0.0952. The lowest BCUT2D eigenvalue weighted by atomic mass is 10.0. The molecule has 1 aliphatic heterocycles. The van der Waals surface area contributed by atoms with Crippen molar-refractivity contribution in [3.8, 4) is 0 Å². The number of sulfonamides is 1. The third kappa shape index (κ3) is 5.19. The highest BCUT2D eigenvalue weighted by Gasteiger charge is 2.29. The van der Waals surface area contributed by atoms with Crippen molar-refractivity contribution in [1.82, 2.24) is 9.62 Å². The van der Waals surface area contributed by atoms with E-state index in [2.05, 4.69) is 26.1 Å². The highest BCUT2D eigenvalue weighted by atomic mass is 35.5. The summed E-state index contributed by atoms with van der Waals surface area (Å²) in [5, 5.41) is 3.06. The van der Waals surface area contributed by atoms with Gasteiger partial charge in [0.1, 0.15) is 0 Å². The molecular formula is C18H27ClN2O3S. The van der Waals surface area contributed by atoms with Crippen LogP contribution in [0, 0.1) is 11.8 Å². The van der Waals surface area contributed by atoms with Crippen molar-refractivity contribution in [3.05, 3.63) is 28.8 Å². The van der Waals surface area contributed by atoms with Crippen LogP contribution in [0.2, 0.25) is 5.02 Å². The first-order valence-corrected chi connectivity index (χ1v) is 10.6. The predicted octanol–water partition coefficient (Wildman–Crippen LogP) is 3.54. The summed E-state index contributed by atoms with van der Waals surface area (Å²) >= 11 is 6.12. The van der Waals surface area contributed by atoms with E-state index in [9.17, 15) is 13.2 Å². The number of benzene rings is 1. The molecule has 2 rings (SSSR count). The highest BCUT2D eigenvalue weighted by molar-refractivity contribution is 7.89. The normalized spacial score (nSPS) is 17.0. The quantitative estimate of drug-likeness (QED) is 0.813. The first-order valence-electron chi connectivity index (χ1n) is 8.79. The maximum atomic E-state index is 12.8. The number of nitrogens with zero attached hydrogens (tertiary/aromatic N) is 1. The summed E-state index contributed by atoms with van der Waals surface area (Å²) < 4.78 is 27.2. The number of piperidine rings is 1. The van der Waals surface area contributed by atoms with Gasteiger partial charge in [-0.25, -0.2) is 8.42 Å². The molecule has 0 atom stereocenters. The van der Waals surface area contributed by atoms with Gasteiger partial charge in [0.15, 0.2) is 0 Å². The van der Waals surface area contributed by atoms with Crippen LogP contribution < -0.4 is 5.32 Å². The van der Waals surface area contributed by atoms with Gasteiger partial charge in [-0.3, -0.25) is 4.79 Å². The first-order chi connectivity index (χ1) is 11.7. The van der Waals surface area contributed by atoms with Gasteiger partial charge in [-0.05, 0) is 49.3 Å². The number of hydrogen-bond acceptors (Lipinski definition) is 3. The van der Waals surface area contributed by atoms with Crippen molar-refractivity contribution in [3.63, 3.8) is 0 Å². The van der Waals surface area contributed by atoms with E-state index in [1.165, 1.54) is 22.5 Å². The molecule has 1 N–H and O–H groups in total. The van der Waals surface area contributed by atoms with Crippen LogP contribution in [-0.2, 0) is 10.0 Å². The van der Waals surface area contributed by atoms with Crippen LogP contribution in [-0.4, -0.2) is 38.3 Å². The molecule has 0 spiro atoms. The van der Waals surface area contributed by atoms with Crippen LogP contribution in [0.5, 0.6) is 0 Å². The third-order valence-electron chi connectivity index (χ3n) is 4.57. The topological polar surface area (TPSA) is 66.5 Å². The molecule has 140 valence electrons. The molecule has 1 heterocycles. The maximum Gasteiger partial charge on any atom is 0.252 e. The number of amides is 1. The monoisotopic (exact) mass is 386 g/mol. The Hall–Kier alpha value is -1.11. The molecule has 0 bridgehead atoms. The van der Waals surface area contributed by atoms with Gasteiger partial charge in [0.05, 0.1) is 15.5 Å². The lowest BCUT2D eigenvalue weighted by Crippen LogP contribution is -2.38. The van der Waals surface area contributed by atoms with E-state index in [0.717, 1.165) is 19.3 Å². The van der Waals surface area contributed by atoms with Crippen LogP contribution >= 0.6 is 11.6 Å². The summed E-state index contributed by atoms with van der Waals surface area (Å²) in [5.74, 6) is 0.679. The number of rotatable bonds is 6. The zero-order chi connectivity index (χ0) is 18.6. The zero-order valence-electron chi connectivity index (χ0n) is 15.1. The van der Waals surface area contributed by atoms with Crippen LogP contribution in [0.4, 0.5) is 0 Å². The molecule has 0 unspecified atom stereocenters. The average Bonchev–Trinajstić information content (AvgIpc) is 2.55. The molecule has 0 aliphatic carbocycles. The van der Waals surface area contributed by atoms with E-state index in [4.69, 9.17) is 11.6 Å². The molecule has 7 heteroatoms. The molecule has 0 saturated carbocycles. The molecule has 5 nitrogen and oxygen atoms in total.